The first-order valence-corrected chi connectivity index (χ1v) is 5.41. The number of amides is 1. The maximum atomic E-state index is 12.3. The number of carbonyl (C=O) groups excluding carboxylic acids is 1. The molecule has 3 nitrogen and oxygen atoms in total. The van der Waals surface area contributed by atoms with Crippen LogP contribution in [-0.2, 0) is 11.0 Å². The molecule has 1 amide bonds. The van der Waals surface area contributed by atoms with Gasteiger partial charge in [0.25, 0.3) is 0 Å². The largest absolute Gasteiger partial charge is 0.433 e. The molecule has 1 aliphatic heterocycles. The SMILES string of the molecule is O=C1CC(S)CN1c1ccc(C(F)(F)F)nc1. The van der Waals surface area contributed by atoms with Crippen LogP contribution in [0.25, 0.3) is 0 Å². The molecule has 2 rings (SSSR count). The van der Waals surface area contributed by atoms with Gasteiger partial charge in [-0.25, -0.2) is 4.98 Å². The van der Waals surface area contributed by atoms with Crippen molar-refractivity contribution in [2.45, 2.75) is 17.8 Å². The molecule has 0 aliphatic carbocycles. The summed E-state index contributed by atoms with van der Waals surface area (Å²) < 4.78 is 36.8. The molecule has 1 atom stereocenters. The maximum absolute atomic E-state index is 12.3. The van der Waals surface area contributed by atoms with Crippen LogP contribution < -0.4 is 4.90 Å². The van der Waals surface area contributed by atoms with Crippen LogP contribution in [0.15, 0.2) is 18.3 Å². The van der Waals surface area contributed by atoms with Crippen molar-refractivity contribution in [3.05, 3.63) is 24.0 Å². The molecule has 1 aliphatic rings. The Morgan fingerprint density at radius 3 is 2.53 bits per heavy atom. The monoisotopic (exact) mass is 262 g/mol. The Morgan fingerprint density at radius 2 is 2.12 bits per heavy atom. The zero-order valence-electron chi connectivity index (χ0n) is 8.61. The van der Waals surface area contributed by atoms with E-state index in [1.54, 1.807) is 0 Å². The molecule has 1 aromatic heterocycles. The number of carbonyl (C=O) groups is 1. The fourth-order valence-electron chi connectivity index (χ4n) is 1.65. The summed E-state index contributed by atoms with van der Waals surface area (Å²) >= 11 is 4.16. The number of pyridine rings is 1. The number of hydrogen-bond donors (Lipinski definition) is 1. The molecular formula is C10H9F3N2OS. The van der Waals surface area contributed by atoms with Crippen molar-refractivity contribution >= 4 is 24.2 Å². The first-order chi connectivity index (χ1) is 7.88. The summed E-state index contributed by atoms with van der Waals surface area (Å²) in [4.78, 5) is 16.2. The van der Waals surface area contributed by atoms with Gasteiger partial charge < -0.3 is 4.90 Å². The van der Waals surface area contributed by atoms with E-state index >= 15 is 0 Å². The third-order valence-electron chi connectivity index (χ3n) is 2.45. The molecule has 0 aromatic carbocycles. The lowest BCUT2D eigenvalue weighted by molar-refractivity contribution is -0.141. The predicted octanol–water partition coefficient (Wildman–Crippen LogP) is 2.14. The van der Waals surface area contributed by atoms with E-state index in [1.165, 1.54) is 11.0 Å². The lowest BCUT2D eigenvalue weighted by atomic mass is 10.3. The summed E-state index contributed by atoms with van der Waals surface area (Å²) in [7, 11) is 0. The van der Waals surface area contributed by atoms with Crippen molar-refractivity contribution in [3.8, 4) is 0 Å². The summed E-state index contributed by atoms with van der Waals surface area (Å²) in [6.07, 6.45) is -3.10. The van der Waals surface area contributed by atoms with Crippen molar-refractivity contribution in [2.75, 3.05) is 11.4 Å². The minimum absolute atomic E-state index is 0.0789. The number of nitrogens with zero attached hydrogens (tertiary/aromatic N) is 2. The van der Waals surface area contributed by atoms with Crippen molar-refractivity contribution < 1.29 is 18.0 Å². The number of rotatable bonds is 1. The van der Waals surface area contributed by atoms with E-state index in [2.05, 4.69) is 17.6 Å². The zero-order valence-corrected chi connectivity index (χ0v) is 9.50. The second-order valence-electron chi connectivity index (χ2n) is 3.76. The molecule has 2 heterocycles. The fraction of sp³-hybridized carbons (Fsp3) is 0.400. The van der Waals surface area contributed by atoms with Gasteiger partial charge in [0.1, 0.15) is 5.69 Å². The highest BCUT2D eigenvalue weighted by Crippen LogP contribution is 2.29. The number of thiol groups is 1. The molecule has 0 N–H and O–H groups in total. The highest BCUT2D eigenvalue weighted by molar-refractivity contribution is 7.81. The van der Waals surface area contributed by atoms with E-state index < -0.39 is 11.9 Å². The van der Waals surface area contributed by atoms with Crippen molar-refractivity contribution in [1.29, 1.82) is 0 Å². The van der Waals surface area contributed by atoms with E-state index in [-0.39, 0.29) is 11.2 Å². The smallest absolute Gasteiger partial charge is 0.310 e. The standard InChI is InChI=1S/C10H9F3N2OS/c11-10(12,13)8-2-1-6(4-14-8)15-5-7(17)3-9(15)16/h1-2,4,7,17H,3,5H2. The Bertz CT molecular complexity index is 432. The highest BCUT2D eigenvalue weighted by atomic mass is 32.1. The van der Waals surface area contributed by atoms with Crippen LogP contribution in [0.3, 0.4) is 0 Å². The van der Waals surface area contributed by atoms with Crippen LogP contribution in [-0.4, -0.2) is 22.7 Å². The molecular weight excluding hydrogens is 253 g/mol. The Morgan fingerprint density at radius 1 is 1.41 bits per heavy atom. The van der Waals surface area contributed by atoms with Gasteiger partial charge in [-0.15, -0.1) is 0 Å². The van der Waals surface area contributed by atoms with Gasteiger partial charge in [0.2, 0.25) is 5.91 Å². The minimum atomic E-state index is -4.46. The number of hydrogen-bond acceptors (Lipinski definition) is 3. The molecule has 1 fully saturated rings. The van der Waals surface area contributed by atoms with Crippen LogP contribution in [0.2, 0.25) is 0 Å². The molecule has 1 aromatic rings. The highest BCUT2D eigenvalue weighted by Gasteiger charge is 2.33. The van der Waals surface area contributed by atoms with Gasteiger partial charge in [-0.05, 0) is 12.1 Å². The average Bonchev–Trinajstić information content (AvgIpc) is 2.57. The third kappa shape index (κ3) is 2.54. The van der Waals surface area contributed by atoms with Crippen molar-refractivity contribution in [1.82, 2.24) is 4.98 Å². The molecule has 1 saturated heterocycles. The molecule has 17 heavy (non-hydrogen) atoms. The molecule has 0 saturated carbocycles. The van der Waals surface area contributed by atoms with Crippen molar-refractivity contribution in [2.24, 2.45) is 0 Å². The normalized spacial score (nSPS) is 21.1. The van der Waals surface area contributed by atoms with E-state index in [0.29, 0.717) is 18.7 Å². The third-order valence-corrected chi connectivity index (χ3v) is 2.80. The summed E-state index contributed by atoms with van der Waals surface area (Å²) in [5.74, 6) is -0.147. The molecule has 0 radical (unpaired) electrons. The van der Waals surface area contributed by atoms with Gasteiger partial charge in [-0.1, -0.05) is 0 Å². The minimum Gasteiger partial charge on any atom is -0.310 e. The number of alkyl halides is 3. The van der Waals surface area contributed by atoms with E-state index in [0.717, 1.165) is 12.3 Å². The van der Waals surface area contributed by atoms with Gasteiger partial charge in [-0.2, -0.15) is 25.8 Å². The number of halogens is 3. The summed E-state index contributed by atoms with van der Waals surface area (Å²) in [6, 6.07) is 2.12. The topological polar surface area (TPSA) is 33.2 Å². The van der Waals surface area contributed by atoms with Gasteiger partial charge in [-0.3, -0.25) is 4.79 Å². The summed E-state index contributed by atoms with van der Waals surface area (Å²) in [5.41, 5.74) is -0.588. The first kappa shape index (κ1) is 12.2. The maximum Gasteiger partial charge on any atom is 0.433 e. The van der Waals surface area contributed by atoms with Crippen molar-refractivity contribution in [3.63, 3.8) is 0 Å². The summed E-state index contributed by atoms with van der Waals surface area (Å²) in [5, 5.41) is -0.0789. The molecule has 7 heteroatoms. The molecule has 1 unspecified atom stereocenters. The Hall–Kier alpha value is -1.24. The lowest BCUT2D eigenvalue weighted by Crippen LogP contribution is -2.25. The second-order valence-corrected chi connectivity index (χ2v) is 4.49. The van der Waals surface area contributed by atoms with Gasteiger partial charge in [0, 0.05) is 18.2 Å². The Labute approximate surface area is 101 Å². The molecule has 0 spiro atoms. The van der Waals surface area contributed by atoms with E-state index in [1.807, 2.05) is 0 Å². The second kappa shape index (κ2) is 4.21. The van der Waals surface area contributed by atoms with E-state index in [4.69, 9.17) is 0 Å². The summed E-state index contributed by atoms with van der Waals surface area (Å²) in [6.45, 7) is 0.398. The van der Waals surface area contributed by atoms with E-state index in [9.17, 15) is 18.0 Å². The average molecular weight is 262 g/mol. The van der Waals surface area contributed by atoms with Crippen LogP contribution >= 0.6 is 12.6 Å². The Balaban J connectivity index is 2.22. The number of anilines is 1. The fourth-order valence-corrected chi connectivity index (χ4v) is 1.97. The molecule has 92 valence electrons. The predicted molar refractivity (Wildman–Crippen MR) is 59.0 cm³/mol. The van der Waals surface area contributed by atoms with Gasteiger partial charge in [0.05, 0.1) is 11.9 Å². The Kier molecular flexibility index (Phi) is 3.03. The first-order valence-electron chi connectivity index (χ1n) is 4.89. The van der Waals surface area contributed by atoms with Crippen LogP contribution in [0.1, 0.15) is 12.1 Å². The zero-order chi connectivity index (χ0) is 12.6. The van der Waals surface area contributed by atoms with Gasteiger partial charge >= 0.3 is 6.18 Å². The van der Waals surface area contributed by atoms with Gasteiger partial charge in [0.15, 0.2) is 0 Å². The quantitative estimate of drug-likeness (QED) is 0.787. The molecule has 0 bridgehead atoms. The van der Waals surface area contributed by atoms with Crippen LogP contribution in [0.4, 0.5) is 18.9 Å². The lowest BCUT2D eigenvalue weighted by Gasteiger charge is -2.16. The van der Waals surface area contributed by atoms with Crippen LogP contribution in [0, 0.1) is 0 Å². The number of aromatic nitrogens is 1. The van der Waals surface area contributed by atoms with Crippen LogP contribution in [0.5, 0.6) is 0 Å².